The van der Waals surface area contributed by atoms with E-state index in [9.17, 15) is 9.90 Å². The van der Waals surface area contributed by atoms with Gasteiger partial charge in [-0.1, -0.05) is 18.9 Å². The fraction of sp³-hybridized carbons (Fsp3) is 0.357. The third kappa shape index (κ3) is 1.57. The van der Waals surface area contributed by atoms with E-state index in [0.29, 0.717) is 0 Å². The number of aliphatic imine (C=N–C) groups is 1. The number of thiophene rings is 1. The summed E-state index contributed by atoms with van der Waals surface area (Å²) in [4.78, 5) is 14.7. The number of fused-ring (bicyclic) bond motifs is 1. The summed E-state index contributed by atoms with van der Waals surface area (Å²) >= 11 is 1.60. The molecule has 18 heavy (non-hydrogen) atoms. The second kappa shape index (κ2) is 4.23. The maximum atomic E-state index is 10.7. The molecule has 2 aromatic rings. The number of isocyanates is 1. The first-order valence-electron chi connectivity index (χ1n) is 6.05. The first-order chi connectivity index (χ1) is 8.77. The van der Waals surface area contributed by atoms with Gasteiger partial charge in [-0.15, -0.1) is 11.3 Å². The Morgan fingerprint density at radius 2 is 2.06 bits per heavy atom. The van der Waals surface area contributed by atoms with Crippen LogP contribution in [0.3, 0.4) is 0 Å². The van der Waals surface area contributed by atoms with Crippen LogP contribution < -0.4 is 0 Å². The first-order valence-corrected chi connectivity index (χ1v) is 6.93. The van der Waals surface area contributed by atoms with E-state index in [1.807, 2.05) is 23.6 Å². The van der Waals surface area contributed by atoms with Crippen molar-refractivity contribution in [2.24, 2.45) is 4.99 Å². The highest BCUT2D eigenvalue weighted by Crippen LogP contribution is 2.47. The van der Waals surface area contributed by atoms with Gasteiger partial charge in [-0.05, 0) is 30.4 Å². The van der Waals surface area contributed by atoms with Crippen molar-refractivity contribution >= 4 is 27.5 Å². The average molecular weight is 259 g/mol. The minimum Gasteiger partial charge on any atom is -0.507 e. The van der Waals surface area contributed by atoms with Crippen molar-refractivity contribution in [3.05, 3.63) is 29.1 Å². The van der Waals surface area contributed by atoms with E-state index in [-0.39, 0.29) is 5.75 Å². The molecule has 4 heteroatoms. The topological polar surface area (TPSA) is 49.7 Å². The highest BCUT2D eigenvalue weighted by molar-refractivity contribution is 7.17. The van der Waals surface area contributed by atoms with E-state index >= 15 is 0 Å². The smallest absolute Gasteiger partial charge is 0.235 e. The van der Waals surface area contributed by atoms with E-state index in [0.717, 1.165) is 41.3 Å². The molecule has 1 heterocycles. The molecule has 3 nitrogen and oxygen atoms in total. The van der Waals surface area contributed by atoms with Crippen LogP contribution in [0, 0.1) is 0 Å². The van der Waals surface area contributed by atoms with E-state index in [1.54, 1.807) is 17.4 Å². The van der Waals surface area contributed by atoms with Crippen molar-refractivity contribution in [2.45, 2.75) is 31.2 Å². The van der Waals surface area contributed by atoms with Crippen LogP contribution in [0.2, 0.25) is 0 Å². The van der Waals surface area contributed by atoms with Crippen molar-refractivity contribution in [1.82, 2.24) is 0 Å². The molecule has 0 spiro atoms. The molecular weight excluding hydrogens is 246 g/mol. The molecular formula is C14H13NO2S. The summed E-state index contributed by atoms with van der Waals surface area (Å²) in [7, 11) is 0. The largest absolute Gasteiger partial charge is 0.507 e. The summed E-state index contributed by atoms with van der Waals surface area (Å²) in [6, 6.07) is 5.81. The molecule has 0 saturated heterocycles. The highest BCUT2D eigenvalue weighted by Gasteiger charge is 2.38. The van der Waals surface area contributed by atoms with E-state index in [2.05, 4.69) is 4.99 Å². The quantitative estimate of drug-likeness (QED) is 0.660. The number of nitrogens with zero attached hydrogens (tertiary/aromatic N) is 1. The monoisotopic (exact) mass is 259 g/mol. The van der Waals surface area contributed by atoms with E-state index in [4.69, 9.17) is 0 Å². The number of aromatic hydroxyl groups is 1. The highest BCUT2D eigenvalue weighted by atomic mass is 32.1. The molecule has 1 N–H and O–H groups in total. The summed E-state index contributed by atoms with van der Waals surface area (Å²) in [5, 5.41) is 13.2. The van der Waals surface area contributed by atoms with Crippen molar-refractivity contribution in [3.8, 4) is 5.75 Å². The van der Waals surface area contributed by atoms with Crippen molar-refractivity contribution < 1.29 is 9.90 Å². The number of hydrogen-bond donors (Lipinski definition) is 1. The molecule has 3 rings (SSSR count). The molecule has 1 aromatic heterocycles. The zero-order valence-corrected chi connectivity index (χ0v) is 10.7. The third-order valence-electron chi connectivity index (χ3n) is 3.80. The number of phenols is 1. The van der Waals surface area contributed by atoms with Gasteiger partial charge in [0.25, 0.3) is 0 Å². The lowest BCUT2D eigenvalue weighted by atomic mass is 9.87. The predicted octanol–water partition coefficient (Wildman–Crippen LogP) is 3.71. The Hall–Kier alpha value is -1.64. The molecule has 1 aliphatic rings. The lowest BCUT2D eigenvalue weighted by molar-refractivity contribution is 0.412. The lowest BCUT2D eigenvalue weighted by Crippen LogP contribution is -2.18. The van der Waals surface area contributed by atoms with Crippen LogP contribution in [0.15, 0.2) is 28.6 Å². The Morgan fingerprint density at radius 1 is 1.28 bits per heavy atom. The van der Waals surface area contributed by atoms with E-state index < -0.39 is 5.54 Å². The first kappa shape index (κ1) is 11.5. The minimum atomic E-state index is -0.554. The molecule has 1 saturated carbocycles. The summed E-state index contributed by atoms with van der Waals surface area (Å²) in [5.41, 5.74) is 0.219. The third-order valence-corrected chi connectivity index (χ3v) is 4.68. The molecule has 0 aliphatic heterocycles. The SMILES string of the molecule is O=C=NC1(c2ccc3sccc3c2O)CCCC1. The normalized spacial score (nSPS) is 17.8. The van der Waals surface area contributed by atoms with Crippen LogP contribution in [0.5, 0.6) is 5.75 Å². The Labute approximate surface area is 109 Å². The number of phenolic OH excluding ortho intramolecular Hbond substituents is 1. The number of rotatable bonds is 2. The maximum absolute atomic E-state index is 10.7. The molecule has 92 valence electrons. The average Bonchev–Trinajstić information content (AvgIpc) is 2.99. The second-order valence-corrected chi connectivity index (χ2v) is 5.68. The fourth-order valence-electron chi connectivity index (χ4n) is 2.89. The fourth-order valence-corrected chi connectivity index (χ4v) is 3.68. The van der Waals surface area contributed by atoms with Gasteiger partial charge in [0.2, 0.25) is 6.08 Å². The van der Waals surface area contributed by atoms with Gasteiger partial charge in [-0.25, -0.2) is 4.79 Å². The van der Waals surface area contributed by atoms with Gasteiger partial charge in [0.15, 0.2) is 0 Å². The van der Waals surface area contributed by atoms with Gasteiger partial charge in [0.05, 0.1) is 0 Å². The summed E-state index contributed by atoms with van der Waals surface area (Å²) < 4.78 is 1.06. The second-order valence-electron chi connectivity index (χ2n) is 4.74. The maximum Gasteiger partial charge on any atom is 0.235 e. The van der Waals surface area contributed by atoms with Crippen LogP contribution in [-0.4, -0.2) is 11.2 Å². The molecule has 0 atom stereocenters. The minimum absolute atomic E-state index is 0.273. The number of hydrogen-bond acceptors (Lipinski definition) is 4. The molecule has 1 fully saturated rings. The standard InChI is InChI=1S/C14H13NO2S/c16-9-15-14(6-1-2-7-14)11-3-4-12-10(13(11)17)5-8-18-12/h3-5,8,17H,1-2,6-7H2. The Kier molecular flexibility index (Phi) is 2.69. The zero-order valence-electron chi connectivity index (χ0n) is 9.85. The van der Waals surface area contributed by atoms with Gasteiger partial charge in [0, 0.05) is 15.6 Å². The van der Waals surface area contributed by atoms with Crippen LogP contribution in [0.4, 0.5) is 0 Å². The van der Waals surface area contributed by atoms with Crippen LogP contribution in [0.1, 0.15) is 31.2 Å². The van der Waals surface area contributed by atoms with Crippen molar-refractivity contribution in [1.29, 1.82) is 0 Å². The summed E-state index contributed by atoms with van der Waals surface area (Å²) in [6.45, 7) is 0. The summed E-state index contributed by atoms with van der Waals surface area (Å²) in [6.07, 6.45) is 5.37. The lowest BCUT2D eigenvalue weighted by Gasteiger charge is -2.24. The van der Waals surface area contributed by atoms with Crippen LogP contribution >= 0.6 is 11.3 Å². The molecule has 0 amide bonds. The van der Waals surface area contributed by atoms with Gasteiger partial charge in [-0.2, -0.15) is 4.99 Å². The van der Waals surface area contributed by atoms with E-state index in [1.165, 1.54) is 0 Å². The van der Waals surface area contributed by atoms with Crippen LogP contribution in [-0.2, 0) is 10.3 Å². The van der Waals surface area contributed by atoms with Crippen molar-refractivity contribution in [2.75, 3.05) is 0 Å². The Bertz CT molecular complexity index is 634. The molecule has 1 aromatic carbocycles. The zero-order chi connectivity index (χ0) is 12.6. The molecule has 0 radical (unpaired) electrons. The Balaban J connectivity index is 2.23. The van der Waals surface area contributed by atoms with Gasteiger partial charge >= 0.3 is 0 Å². The number of carbonyl (C=O) groups excluding carboxylic acids is 1. The predicted molar refractivity (Wildman–Crippen MR) is 71.8 cm³/mol. The molecule has 0 bridgehead atoms. The Morgan fingerprint density at radius 3 is 2.78 bits per heavy atom. The molecule has 1 aliphatic carbocycles. The van der Waals surface area contributed by atoms with Gasteiger partial charge in [0.1, 0.15) is 11.3 Å². The van der Waals surface area contributed by atoms with Gasteiger partial charge in [-0.3, -0.25) is 0 Å². The van der Waals surface area contributed by atoms with Crippen molar-refractivity contribution in [3.63, 3.8) is 0 Å². The van der Waals surface area contributed by atoms with Gasteiger partial charge < -0.3 is 5.11 Å². The van der Waals surface area contributed by atoms with Crippen LogP contribution in [0.25, 0.3) is 10.1 Å². The number of benzene rings is 1. The summed E-state index contributed by atoms with van der Waals surface area (Å²) in [5.74, 6) is 0.273. The molecule has 0 unspecified atom stereocenters.